The number of β-amino-alcohol motifs (C(OH)–C–C–N with tert-alkyl or cyclic N) is 1. The zero-order valence-corrected chi connectivity index (χ0v) is 34.7. The van der Waals surface area contributed by atoms with Crippen molar-refractivity contribution in [1.29, 1.82) is 0 Å². The van der Waals surface area contributed by atoms with E-state index in [1.165, 1.54) is 9.80 Å². The number of ether oxygens (including phenoxy) is 5. The number of amides is 4. The first kappa shape index (κ1) is 45.7. The standard InChI is InChI=1S/C39H61N5O10S/c1-26(28-10-12-29(13-11-28)33-27(2)40-25-55-33)41-35(47)31-22-30(45)23-44(31)36(48)34(38(3,4)5)42-32(46)24-53-21-20-52-19-18-51-17-16-50-15-14-43(9)37(49)54-39(6,7)8/h10-13,25-26,30-31,34,45H,14-24H2,1-9H3,(H,41,47)(H,42,46). The summed E-state index contributed by atoms with van der Waals surface area (Å²) in [7, 11) is 1.65. The van der Waals surface area contributed by atoms with Gasteiger partial charge in [0.25, 0.3) is 0 Å². The summed E-state index contributed by atoms with van der Waals surface area (Å²) in [6.07, 6.45) is -1.18. The van der Waals surface area contributed by atoms with Gasteiger partial charge in [-0.1, -0.05) is 45.0 Å². The normalized spacial score (nSPS) is 17.1. The molecule has 1 saturated heterocycles. The van der Waals surface area contributed by atoms with Gasteiger partial charge in [0.15, 0.2) is 0 Å². The van der Waals surface area contributed by atoms with Crippen LogP contribution >= 0.6 is 11.3 Å². The van der Waals surface area contributed by atoms with Crippen LogP contribution in [0.2, 0.25) is 0 Å². The molecule has 2 heterocycles. The first-order valence-corrected chi connectivity index (χ1v) is 19.6. The molecule has 2 aromatic rings. The van der Waals surface area contributed by atoms with Crippen molar-refractivity contribution >= 4 is 35.2 Å². The van der Waals surface area contributed by atoms with Crippen LogP contribution in [-0.2, 0) is 38.1 Å². The number of rotatable bonds is 20. The van der Waals surface area contributed by atoms with Crippen LogP contribution in [0.25, 0.3) is 10.4 Å². The van der Waals surface area contributed by atoms with Gasteiger partial charge in [0.1, 0.15) is 24.3 Å². The highest BCUT2D eigenvalue weighted by molar-refractivity contribution is 7.13. The molecule has 3 N–H and O–H groups in total. The summed E-state index contributed by atoms with van der Waals surface area (Å²) in [5.74, 6) is -1.31. The molecule has 1 fully saturated rings. The highest BCUT2D eigenvalue weighted by atomic mass is 32.1. The van der Waals surface area contributed by atoms with Crippen LogP contribution in [0.15, 0.2) is 29.8 Å². The summed E-state index contributed by atoms with van der Waals surface area (Å²) in [5.41, 5.74) is 3.47. The Balaban J connectivity index is 1.35. The van der Waals surface area contributed by atoms with E-state index >= 15 is 0 Å². The molecule has 1 aliphatic rings. The van der Waals surface area contributed by atoms with Gasteiger partial charge in [-0.05, 0) is 51.2 Å². The fourth-order valence-corrected chi connectivity index (χ4v) is 6.49. The molecule has 4 atom stereocenters. The Labute approximate surface area is 329 Å². The molecule has 4 unspecified atom stereocenters. The second-order valence-corrected chi connectivity index (χ2v) is 16.5. The topological polar surface area (TPSA) is 178 Å². The highest BCUT2D eigenvalue weighted by Gasteiger charge is 2.44. The van der Waals surface area contributed by atoms with E-state index in [9.17, 15) is 24.3 Å². The van der Waals surface area contributed by atoms with E-state index in [-0.39, 0.29) is 44.7 Å². The summed E-state index contributed by atoms with van der Waals surface area (Å²) in [6.45, 7) is 17.0. The molecule has 0 saturated carbocycles. The molecular formula is C39H61N5O10S. The SMILES string of the molecule is Cc1ncsc1-c1ccc(C(C)NC(=O)C2CC(O)CN2C(=O)C(NC(=O)COCCOCCOCCOCCN(C)C(=O)OC(C)(C)C)C(C)(C)C)cc1. The van der Waals surface area contributed by atoms with Crippen molar-refractivity contribution in [2.45, 2.75) is 91.6 Å². The molecule has 0 aliphatic carbocycles. The molecule has 1 aromatic carbocycles. The molecule has 1 aromatic heterocycles. The van der Waals surface area contributed by atoms with Crippen LogP contribution in [0, 0.1) is 12.3 Å². The fraction of sp³-hybridized carbons (Fsp3) is 0.667. The lowest BCUT2D eigenvalue weighted by Gasteiger charge is -2.35. The third-order valence-corrected chi connectivity index (χ3v) is 9.66. The number of aryl methyl sites for hydroxylation is 1. The Bertz CT molecular complexity index is 1520. The zero-order chi connectivity index (χ0) is 40.8. The molecule has 0 radical (unpaired) electrons. The number of carbonyl (C=O) groups excluding carboxylic acids is 4. The number of hydrogen-bond donors (Lipinski definition) is 3. The highest BCUT2D eigenvalue weighted by Crippen LogP contribution is 2.29. The molecule has 4 amide bonds. The van der Waals surface area contributed by atoms with E-state index in [0.29, 0.717) is 39.6 Å². The van der Waals surface area contributed by atoms with Crippen LogP contribution < -0.4 is 10.6 Å². The number of hydrogen-bond acceptors (Lipinski definition) is 12. The number of benzene rings is 1. The first-order chi connectivity index (χ1) is 25.9. The Morgan fingerprint density at radius 2 is 1.51 bits per heavy atom. The van der Waals surface area contributed by atoms with Crippen molar-refractivity contribution in [3.8, 4) is 10.4 Å². The zero-order valence-electron chi connectivity index (χ0n) is 33.8. The maximum atomic E-state index is 13.9. The fourth-order valence-electron chi connectivity index (χ4n) is 5.68. The smallest absolute Gasteiger partial charge is 0.410 e. The van der Waals surface area contributed by atoms with E-state index in [0.717, 1.165) is 21.7 Å². The number of aliphatic hydroxyl groups excluding tert-OH is 1. The van der Waals surface area contributed by atoms with Gasteiger partial charge in [-0.3, -0.25) is 14.4 Å². The van der Waals surface area contributed by atoms with E-state index < -0.39 is 47.1 Å². The number of thiazole rings is 1. The average molecular weight is 792 g/mol. The van der Waals surface area contributed by atoms with Crippen LogP contribution in [0.1, 0.15) is 72.2 Å². The maximum absolute atomic E-state index is 13.9. The first-order valence-electron chi connectivity index (χ1n) is 18.7. The lowest BCUT2D eigenvalue weighted by molar-refractivity contribution is -0.144. The Morgan fingerprint density at radius 1 is 0.927 bits per heavy atom. The molecule has 0 spiro atoms. The number of likely N-dealkylation sites (tertiary alicyclic amines) is 1. The van der Waals surface area contributed by atoms with Gasteiger partial charge in [-0.2, -0.15) is 0 Å². The van der Waals surface area contributed by atoms with Crippen molar-refractivity contribution in [1.82, 2.24) is 25.4 Å². The minimum Gasteiger partial charge on any atom is -0.444 e. The van der Waals surface area contributed by atoms with Gasteiger partial charge in [0.05, 0.1) is 74.5 Å². The molecule has 55 heavy (non-hydrogen) atoms. The lowest BCUT2D eigenvalue weighted by Crippen LogP contribution is -2.58. The van der Waals surface area contributed by atoms with E-state index in [4.69, 9.17) is 23.7 Å². The Hall–Kier alpha value is -3.67. The summed E-state index contributed by atoms with van der Waals surface area (Å²) >= 11 is 1.57. The van der Waals surface area contributed by atoms with E-state index in [1.54, 1.807) is 18.4 Å². The summed E-state index contributed by atoms with van der Waals surface area (Å²) in [5, 5.41) is 16.3. The second-order valence-electron chi connectivity index (χ2n) is 15.7. The van der Waals surface area contributed by atoms with E-state index in [1.807, 2.05) is 85.2 Å². The largest absolute Gasteiger partial charge is 0.444 e. The molecular weight excluding hydrogens is 731 g/mol. The van der Waals surface area contributed by atoms with Gasteiger partial charge < -0.3 is 49.2 Å². The minimum atomic E-state index is -0.965. The Morgan fingerprint density at radius 3 is 2.05 bits per heavy atom. The summed E-state index contributed by atoms with van der Waals surface area (Å²) < 4.78 is 27.3. The van der Waals surface area contributed by atoms with Crippen LogP contribution in [0.4, 0.5) is 4.79 Å². The minimum absolute atomic E-state index is 0.0192. The summed E-state index contributed by atoms with van der Waals surface area (Å²) in [6, 6.07) is 5.70. The van der Waals surface area contributed by atoms with Crippen molar-refractivity contribution in [3.63, 3.8) is 0 Å². The monoisotopic (exact) mass is 791 g/mol. The number of likely N-dealkylation sites (N-methyl/N-ethyl adjacent to an activating group) is 1. The predicted molar refractivity (Wildman–Crippen MR) is 208 cm³/mol. The number of aliphatic hydroxyl groups is 1. The van der Waals surface area contributed by atoms with E-state index in [2.05, 4.69) is 15.6 Å². The van der Waals surface area contributed by atoms with Crippen LogP contribution in [0.5, 0.6) is 0 Å². The maximum Gasteiger partial charge on any atom is 0.410 e. The Kier molecular flexibility index (Phi) is 17.9. The number of nitrogens with one attached hydrogen (secondary N) is 2. The third kappa shape index (κ3) is 15.4. The van der Waals surface area contributed by atoms with Crippen molar-refractivity contribution in [2.75, 3.05) is 73.0 Å². The van der Waals surface area contributed by atoms with Gasteiger partial charge in [-0.15, -0.1) is 11.3 Å². The quantitative estimate of drug-likeness (QED) is 0.167. The molecule has 3 rings (SSSR count). The van der Waals surface area contributed by atoms with Crippen molar-refractivity contribution in [2.24, 2.45) is 5.41 Å². The number of nitrogens with zero attached hydrogens (tertiary/aromatic N) is 3. The second kappa shape index (κ2) is 21.6. The lowest BCUT2D eigenvalue weighted by atomic mass is 9.85. The molecule has 0 bridgehead atoms. The summed E-state index contributed by atoms with van der Waals surface area (Å²) in [4.78, 5) is 60.5. The van der Waals surface area contributed by atoms with Crippen LogP contribution in [-0.4, -0.2) is 140 Å². The number of carbonyl (C=O) groups is 4. The average Bonchev–Trinajstić information content (AvgIpc) is 3.72. The van der Waals surface area contributed by atoms with Crippen molar-refractivity contribution in [3.05, 3.63) is 41.0 Å². The van der Waals surface area contributed by atoms with Gasteiger partial charge in [0, 0.05) is 26.6 Å². The molecule has 15 nitrogen and oxygen atoms in total. The van der Waals surface area contributed by atoms with Gasteiger partial charge in [-0.25, -0.2) is 9.78 Å². The third-order valence-electron chi connectivity index (χ3n) is 8.69. The number of aromatic nitrogens is 1. The van der Waals surface area contributed by atoms with Crippen LogP contribution in [0.3, 0.4) is 0 Å². The van der Waals surface area contributed by atoms with Gasteiger partial charge >= 0.3 is 6.09 Å². The van der Waals surface area contributed by atoms with Gasteiger partial charge in [0.2, 0.25) is 17.7 Å². The molecule has 308 valence electrons. The van der Waals surface area contributed by atoms with Crippen molar-refractivity contribution < 1.29 is 48.0 Å². The molecule has 1 aliphatic heterocycles. The predicted octanol–water partition coefficient (Wildman–Crippen LogP) is 3.72. The molecule has 16 heteroatoms.